The number of aliphatic carboxylic acids is 1. The lowest BCUT2D eigenvalue weighted by atomic mass is 9.84. The molecule has 1 fully saturated rings. The van der Waals surface area contributed by atoms with Crippen LogP contribution in [0.3, 0.4) is 0 Å². The quantitative estimate of drug-likeness (QED) is 0.894. The van der Waals surface area contributed by atoms with Crippen LogP contribution >= 0.6 is 0 Å². The highest BCUT2D eigenvalue weighted by molar-refractivity contribution is 5.90. The zero-order valence-electron chi connectivity index (χ0n) is 11.2. The maximum atomic E-state index is 13.5. The van der Waals surface area contributed by atoms with Gasteiger partial charge in [-0.05, 0) is 25.0 Å². The van der Waals surface area contributed by atoms with E-state index >= 15 is 0 Å². The number of carbonyl (C=O) groups excluding carboxylic acids is 1. The third-order valence-corrected chi connectivity index (χ3v) is 3.89. The van der Waals surface area contributed by atoms with Gasteiger partial charge in [0.2, 0.25) is 0 Å². The van der Waals surface area contributed by atoms with E-state index in [0.29, 0.717) is 19.4 Å². The zero-order valence-corrected chi connectivity index (χ0v) is 11.2. The molecular formula is C14H17FN2O3. The first kappa shape index (κ1) is 14.3. The fourth-order valence-corrected chi connectivity index (χ4v) is 2.42. The second-order valence-electron chi connectivity index (χ2n) is 5.02. The highest BCUT2D eigenvalue weighted by Gasteiger charge is 2.44. The molecule has 2 N–H and O–H groups in total. The number of nitrogens with one attached hydrogen (secondary N) is 1. The summed E-state index contributed by atoms with van der Waals surface area (Å²) in [5.41, 5.74) is -0.783. The minimum Gasteiger partial charge on any atom is -0.481 e. The summed E-state index contributed by atoms with van der Waals surface area (Å²) in [6, 6.07) is 5.41. The molecule has 5 nitrogen and oxygen atoms in total. The fourth-order valence-electron chi connectivity index (χ4n) is 2.42. The van der Waals surface area contributed by atoms with Crippen molar-refractivity contribution >= 4 is 17.7 Å². The van der Waals surface area contributed by atoms with Gasteiger partial charge in [-0.1, -0.05) is 19.1 Å². The van der Waals surface area contributed by atoms with Gasteiger partial charge >= 0.3 is 12.0 Å². The van der Waals surface area contributed by atoms with Gasteiger partial charge in [-0.15, -0.1) is 0 Å². The zero-order chi connectivity index (χ0) is 14.8. The molecule has 2 amide bonds. The predicted octanol–water partition coefficient (Wildman–Crippen LogP) is 2.54. The number of para-hydroxylation sites is 1. The van der Waals surface area contributed by atoms with Gasteiger partial charge in [-0.25, -0.2) is 9.18 Å². The maximum absolute atomic E-state index is 13.5. The Balaban J connectivity index is 2.05. The van der Waals surface area contributed by atoms with Crippen LogP contribution in [-0.4, -0.2) is 35.1 Å². The Morgan fingerprint density at radius 2 is 2.15 bits per heavy atom. The lowest BCUT2D eigenvalue weighted by Crippen LogP contribution is -2.38. The molecule has 0 spiro atoms. The summed E-state index contributed by atoms with van der Waals surface area (Å²) in [5.74, 6) is -1.40. The van der Waals surface area contributed by atoms with E-state index < -0.39 is 23.2 Å². The standard InChI is InChI=1S/C14H17FN2O3/c1-2-14(12(18)19)7-8-17(9-14)13(20)16-11-6-4-3-5-10(11)15/h3-6H,2,7-9H2,1H3,(H,16,20)(H,18,19). The van der Waals surface area contributed by atoms with Crippen molar-refractivity contribution in [2.75, 3.05) is 18.4 Å². The Morgan fingerprint density at radius 1 is 1.45 bits per heavy atom. The summed E-state index contributed by atoms with van der Waals surface area (Å²) in [6.45, 7) is 2.31. The number of nitrogens with zero attached hydrogens (tertiary/aromatic N) is 1. The van der Waals surface area contributed by atoms with Crippen LogP contribution in [0.1, 0.15) is 19.8 Å². The first-order chi connectivity index (χ1) is 9.48. The van der Waals surface area contributed by atoms with Gasteiger partial charge in [-0.2, -0.15) is 0 Å². The number of hydrogen-bond donors (Lipinski definition) is 2. The molecule has 1 unspecified atom stereocenters. The van der Waals surface area contributed by atoms with E-state index in [1.807, 2.05) is 0 Å². The average Bonchev–Trinajstić information content (AvgIpc) is 2.87. The van der Waals surface area contributed by atoms with E-state index in [0.717, 1.165) is 0 Å². The minimum absolute atomic E-state index is 0.0989. The molecule has 0 aromatic heterocycles. The number of urea groups is 1. The second kappa shape index (κ2) is 5.48. The molecule has 0 radical (unpaired) electrons. The molecule has 2 rings (SSSR count). The molecule has 108 valence electrons. The van der Waals surface area contributed by atoms with Gasteiger partial charge < -0.3 is 15.3 Å². The Kier molecular flexibility index (Phi) is 3.92. The number of benzene rings is 1. The van der Waals surface area contributed by atoms with Gasteiger partial charge in [0.25, 0.3) is 0 Å². The van der Waals surface area contributed by atoms with Gasteiger partial charge in [-0.3, -0.25) is 4.79 Å². The number of carboxylic acid groups (broad SMARTS) is 1. The Hall–Kier alpha value is -2.11. The summed E-state index contributed by atoms with van der Waals surface area (Å²) in [4.78, 5) is 24.8. The smallest absolute Gasteiger partial charge is 0.321 e. The Morgan fingerprint density at radius 3 is 2.70 bits per heavy atom. The molecule has 0 bridgehead atoms. The second-order valence-corrected chi connectivity index (χ2v) is 5.02. The van der Waals surface area contributed by atoms with E-state index in [4.69, 9.17) is 0 Å². The van der Waals surface area contributed by atoms with Gasteiger partial charge in [0, 0.05) is 13.1 Å². The highest BCUT2D eigenvalue weighted by atomic mass is 19.1. The first-order valence-corrected chi connectivity index (χ1v) is 6.52. The van der Waals surface area contributed by atoms with Crippen LogP contribution in [0.25, 0.3) is 0 Å². The van der Waals surface area contributed by atoms with Crippen molar-refractivity contribution in [3.05, 3.63) is 30.1 Å². The van der Waals surface area contributed by atoms with Crippen molar-refractivity contribution in [3.8, 4) is 0 Å². The van der Waals surface area contributed by atoms with Crippen molar-refractivity contribution in [2.45, 2.75) is 19.8 Å². The van der Waals surface area contributed by atoms with Gasteiger partial charge in [0.1, 0.15) is 5.82 Å². The van der Waals surface area contributed by atoms with Crippen molar-refractivity contribution in [1.29, 1.82) is 0 Å². The molecule has 1 heterocycles. The van der Waals surface area contributed by atoms with Crippen LogP contribution < -0.4 is 5.32 Å². The molecule has 1 aromatic rings. The van der Waals surface area contributed by atoms with Crippen LogP contribution in [0, 0.1) is 11.2 Å². The maximum Gasteiger partial charge on any atom is 0.321 e. The van der Waals surface area contributed by atoms with E-state index in [2.05, 4.69) is 5.32 Å². The summed E-state index contributed by atoms with van der Waals surface area (Å²) >= 11 is 0. The predicted molar refractivity (Wildman–Crippen MR) is 72.0 cm³/mol. The summed E-state index contributed by atoms with van der Waals surface area (Å²) in [6.07, 6.45) is 0.884. The van der Waals surface area contributed by atoms with Crippen LogP contribution in [0.2, 0.25) is 0 Å². The van der Waals surface area contributed by atoms with E-state index in [-0.39, 0.29) is 12.2 Å². The minimum atomic E-state index is -0.888. The van der Waals surface area contributed by atoms with Crippen molar-refractivity contribution < 1.29 is 19.1 Å². The molecule has 1 saturated heterocycles. The number of likely N-dealkylation sites (tertiary alicyclic amines) is 1. The number of hydrogen-bond acceptors (Lipinski definition) is 2. The fraction of sp³-hybridized carbons (Fsp3) is 0.429. The molecule has 0 aliphatic carbocycles. The van der Waals surface area contributed by atoms with Gasteiger partial charge in [0.05, 0.1) is 11.1 Å². The lowest BCUT2D eigenvalue weighted by molar-refractivity contribution is -0.148. The topological polar surface area (TPSA) is 69.6 Å². The molecule has 1 atom stereocenters. The molecule has 1 aliphatic heterocycles. The molecular weight excluding hydrogens is 263 g/mol. The number of halogens is 1. The lowest BCUT2D eigenvalue weighted by Gasteiger charge is -2.23. The largest absolute Gasteiger partial charge is 0.481 e. The van der Waals surface area contributed by atoms with Gasteiger partial charge in [0.15, 0.2) is 0 Å². The average molecular weight is 280 g/mol. The third kappa shape index (κ3) is 2.59. The van der Waals surface area contributed by atoms with Crippen molar-refractivity contribution in [2.24, 2.45) is 5.41 Å². The van der Waals surface area contributed by atoms with Crippen molar-refractivity contribution in [1.82, 2.24) is 4.90 Å². The third-order valence-electron chi connectivity index (χ3n) is 3.89. The van der Waals surface area contributed by atoms with E-state index in [9.17, 15) is 19.1 Å². The summed E-state index contributed by atoms with van der Waals surface area (Å²) in [7, 11) is 0. The van der Waals surface area contributed by atoms with Crippen LogP contribution in [0.5, 0.6) is 0 Å². The molecule has 20 heavy (non-hydrogen) atoms. The Labute approximate surface area is 116 Å². The highest BCUT2D eigenvalue weighted by Crippen LogP contribution is 2.34. The van der Waals surface area contributed by atoms with E-state index in [1.54, 1.807) is 13.0 Å². The molecule has 1 aromatic carbocycles. The van der Waals surface area contributed by atoms with Crippen LogP contribution in [0.15, 0.2) is 24.3 Å². The molecule has 1 aliphatic rings. The molecule has 6 heteroatoms. The number of rotatable bonds is 3. The van der Waals surface area contributed by atoms with Crippen LogP contribution in [-0.2, 0) is 4.79 Å². The summed E-state index contributed by atoms with van der Waals surface area (Å²) < 4.78 is 13.5. The number of anilines is 1. The summed E-state index contributed by atoms with van der Waals surface area (Å²) in [5, 5.41) is 11.8. The molecule has 0 saturated carbocycles. The van der Waals surface area contributed by atoms with Crippen LogP contribution in [0.4, 0.5) is 14.9 Å². The number of amides is 2. The van der Waals surface area contributed by atoms with Crippen molar-refractivity contribution in [3.63, 3.8) is 0 Å². The normalized spacial score (nSPS) is 21.8. The Bertz CT molecular complexity index is 535. The monoisotopic (exact) mass is 280 g/mol. The first-order valence-electron chi connectivity index (χ1n) is 6.52. The van der Waals surface area contributed by atoms with E-state index in [1.165, 1.54) is 23.1 Å². The number of carboxylic acids is 1. The SMILES string of the molecule is CCC1(C(=O)O)CCN(C(=O)Nc2ccccc2F)C1. The number of carbonyl (C=O) groups is 2.